The van der Waals surface area contributed by atoms with E-state index in [1.54, 1.807) is 48.5 Å². The van der Waals surface area contributed by atoms with Crippen molar-refractivity contribution in [3.63, 3.8) is 0 Å². The minimum Gasteiger partial charge on any atom is -0.484 e. The second-order valence-corrected chi connectivity index (χ2v) is 6.06. The highest BCUT2D eigenvalue weighted by molar-refractivity contribution is 5.98. The number of likely N-dealkylation sites (N-methyl/N-ethyl adjacent to an activating group) is 1. The molecule has 0 aromatic heterocycles. The number of benzene rings is 2. The molecule has 0 bridgehead atoms. The van der Waals surface area contributed by atoms with Crippen molar-refractivity contribution in [2.24, 2.45) is 0 Å². The number of carbonyl (C=O) groups excluding carboxylic acids is 3. The topological polar surface area (TPSA) is 84.9 Å². The van der Waals surface area contributed by atoms with Gasteiger partial charge in [-0.25, -0.2) is 0 Å². The number of rotatable bonds is 5. The van der Waals surface area contributed by atoms with Crippen LogP contribution >= 0.6 is 0 Å². The molecule has 0 radical (unpaired) electrons. The number of anilines is 1. The highest BCUT2D eigenvalue weighted by Gasteiger charge is 2.33. The molecule has 0 aliphatic carbocycles. The average molecular weight is 368 g/mol. The largest absolute Gasteiger partial charge is 0.484 e. The Morgan fingerprint density at radius 1 is 1.15 bits per heavy atom. The number of nitrogens with zero attached hydrogens (tertiary/aromatic N) is 1. The van der Waals surface area contributed by atoms with E-state index in [9.17, 15) is 14.4 Å². The summed E-state index contributed by atoms with van der Waals surface area (Å²) in [6.45, 7) is 1.38. The van der Waals surface area contributed by atoms with Crippen LogP contribution in [0.15, 0.2) is 48.5 Å². The Bertz CT molecular complexity index is 863. The molecule has 0 fully saturated rings. The Morgan fingerprint density at radius 3 is 2.52 bits per heavy atom. The maximum absolute atomic E-state index is 12.7. The number of nitrogens with one attached hydrogen (secondary N) is 1. The van der Waals surface area contributed by atoms with Gasteiger partial charge in [-0.05, 0) is 43.3 Å². The standard InChI is InChI=1S/C20H20N2O5/c1-13(23)14-7-9-15(10-8-14)26-12-19(24)22-11-18(20(25)21-2)27-17-6-4-3-5-16(17)22/h3-10,18H,11-12H2,1-2H3,(H,21,25). The van der Waals surface area contributed by atoms with Crippen LogP contribution in [0.2, 0.25) is 0 Å². The van der Waals surface area contributed by atoms with Crippen molar-refractivity contribution in [2.45, 2.75) is 13.0 Å². The molecule has 2 aromatic carbocycles. The molecule has 7 heteroatoms. The number of hydrogen-bond acceptors (Lipinski definition) is 5. The van der Waals surface area contributed by atoms with Gasteiger partial charge >= 0.3 is 0 Å². The molecule has 0 spiro atoms. The third kappa shape index (κ3) is 4.08. The SMILES string of the molecule is CNC(=O)C1CN(C(=O)COc2ccc(C(C)=O)cc2)c2ccccc2O1. The molecule has 140 valence electrons. The Hall–Kier alpha value is -3.35. The van der Waals surface area contributed by atoms with Crippen molar-refractivity contribution in [3.05, 3.63) is 54.1 Å². The first-order valence-corrected chi connectivity index (χ1v) is 8.51. The number of hydrogen-bond donors (Lipinski definition) is 1. The maximum atomic E-state index is 12.7. The van der Waals surface area contributed by atoms with Crippen LogP contribution in [0.1, 0.15) is 17.3 Å². The van der Waals surface area contributed by atoms with Crippen molar-refractivity contribution in [3.8, 4) is 11.5 Å². The van der Waals surface area contributed by atoms with Crippen molar-refractivity contribution in [1.29, 1.82) is 0 Å². The summed E-state index contributed by atoms with van der Waals surface area (Å²) in [5.41, 5.74) is 1.17. The highest BCUT2D eigenvalue weighted by Crippen LogP contribution is 2.33. The lowest BCUT2D eigenvalue weighted by atomic mass is 10.1. The fraction of sp³-hybridized carbons (Fsp3) is 0.250. The summed E-state index contributed by atoms with van der Waals surface area (Å²) in [5, 5.41) is 2.54. The zero-order valence-corrected chi connectivity index (χ0v) is 15.1. The summed E-state index contributed by atoms with van der Waals surface area (Å²) in [7, 11) is 1.52. The number of fused-ring (bicyclic) bond motifs is 1. The summed E-state index contributed by atoms with van der Waals surface area (Å²) in [6.07, 6.45) is -0.788. The molecule has 2 aromatic rings. The van der Waals surface area contributed by atoms with E-state index in [1.165, 1.54) is 18.9 Å². The zero-order valence-electron chi connectivity index (χ0n) is 15.1. The molecule has 1 unspecified atom stereocenters. The second kappa shape index (κ2) is 7.90. The van der Waals surface area contributed by atoms with Gasteiger partial charge in [0.25, 0.3) is 11.8 Å². The number of amides is 2. The summed E-state index contributed by atoms with van der Waals surface area (Å²) >= 11 is 0. The van der Waals surface area contributed by atoms with Gasteiger partial charge in [-0.15, -0.1) is 0 Å². The summed E-state index contributed by atoms with van der Waals surface area (Å²) in [6, 6.07) is 13.6. The molecule has 7 nitrogen and oxygen atoms in total. The predicted molar refractivity (Wildman–Crippen MR) is 99.2 cm³/mol. The second-order valence-electron chi connectivity index (χ2n) is 6.06. The first kappa shape index (κ1) is 18.4. The monoisotopic (exact) mass is 368 g/mol. The first-order chi connectivity index (χ1) is 13.0. The van der Waals surface area contributed by atoms with Crippen molar-refractivity contribution >= 4 is 23.3 Å². The van der Waals surface area contributed by atoms with Gasteiger partial charge in [-0.2, -0.15) is 0 Å². The van der Waals surface area contributed by atoms with Crippen LogP contribution in [0.4, 0.5) is 5.69 Å². The van der Waals surface area contributed by atoms with Crippen LogP contribution in [0.5, 0.6) is 11.5 Å². The van der Waals surface area contributed by atoms with Crippen LogP contribution in [0, 0.1) is 0 Å². The molecule has 27 heavy (non-hydrogen) atoms. The van der Waals surface area contributed by atoms with Crippen LogP contribution in [0.3, 0.4) is 0 Å². The van der Waals surface area contributed by atoms with Gasteiger partial charge in [0, 0.05) is 12.6 Å². The molecule has 1 aliphatic rings. The molecule has 1 atom stereocenters. The van der Waals surface area contributed by atoms with Crippen LogP contribution in [0.25, 0.3) is 0 Å². The van der Waals surface area contributed by atoms with E-state index >= 15 is 0 Å². The molecule has 0 saturated carbocycles. The molecule has 1 N–H and O–H groups in total. The van der Waals surface area contributed by atoms with Gasteiger partial charge < -0.3 is 19.7 Å². The predicted octanol–water partition coefficient (Wildman–Crippen LogP) is 1.81. The third-order valence-corrected chi connectivity index (χ3v) is 4.24. The number of ketones is 1. The van der Waals surface area contributed by atoms with Gasteiger partial charge in [0.2, 0.25) is 0 Å². The number of para-hydroxylation sites is 2. The van der Waals surface area contributed by atoms with Gasteiger partial charge in [0.1, 0.15) is 11.5 Å². The molecule has 2 amide bonds. The summed E-state index contributed by atoms with van der Waals surface area (Å²) < 4.78 is 11.2. The minimum absolute atomic E-state index is 0.0391. The van der Waals surface area contributed by atoms with E-state index in [2.05, 4.69) is 5.32 Å². The van der Waals surface area contributed by atoms with E-state index in [0.717, 1.165) is 0 Å². The fourth-order valence-corrected chi connectivity index (χ4v) is 2.78. The van der Waals surface area contributed by atoms with Crippen LogP contribution in [-0.2, 0) is 9.59 Å². The number of carbonyl (C=O) groups is 3. The molecule has 0 saturated heterocycles. The first-order valence-electron chi connectivity index (χ1n) is 8.51. The van der Waals surface area contributed by atoms with Crippen molar-refractivity contribution in [2.75, 3.05) is 25.1 Å². The molecular weight excluding hydrogens is 348 g/mol. The minimum atomic E-state index is -0.788. The van der Waals surface area contributed by atoms with E-state index in [-0.39, 0.29) is 30.7 Å². The average Bonchev–Trinajstić information content (AvgIpc) is 2.70. The number of Topliss-reactive ketones (excluding diaryl/α,β-unsaturated/α-hetero) is 1. The lowest BCUT2D eigenvalue weighted by Gasteiger charge is -2.33. The molecular formula is C20H20N2O5. The van der Waals surface area contributed by atoms with Crippen molar-refractivity contribution in [1.82, 2.24) is 5.32 Å². The van der Waals surface area contributed by atoms with E-state index in [1.807, 2.05) is 0 Å². The van der Waals surface area contributed by atoms with E-state index in [4.69, 9.17) is 9.47 Å². The Labute approximate surface area is 156 Å². The smallest absolute Gasteiger partial charge is 0.265 e. The van der Waals surface area contributed by atoms with Crippen molar-refractivity contribution < 1.29 is 23.9 Å². The Balaban J connectivity index is 1.72. The summed E-state index contributed by atoms with van der Waals surface area (Å²) in [4.78, 5) is 37.5. The highest BCUT2D eigenvalue weighted by atomic mass is 16.5. The normalized spacial score (nSPS) is 15.3. The van der Waals surface area contributed by atoms with Gasteiger partial charge in [-0.1, -0.05) is 12.1 Å². The van der Waals surface area contributed by atoms with Gasteiger partial charge in [-0.3, -0.25) is 14.4 Å². The third-order valence-electron chi connectivity index (χ3n) is 4.24. The van der Waals surface area contributed by atoms with E-state index in [0.29, 0.717) is 22.7 Å². The Kier molecular flexibility index (Phi) is 5.40. The number of ether oxygens (including phenoxy) is 2. The van der Waals surface area contributed by atoms with Gasteiger partial charge in [0.15, 0.2) is 18.5 Å². The zero-order chi connectivity index (χ0) is 19.4. The quantitative estimate of drug-likeness (QED) is 0.814. The molecule has 1 heterocycles. The Morgan fingerprint density at radius 2 is 1.85 bits per heavy atom. The van der Waals surface area contributed by atoms with E-state index < -0.39 is 6.10 Å². The summed E-state index contributed by atoms with van der Waals surface area (Å²) in [5.74, 6) is 0.315. The molecule has 1 aliphatic heterocycles. The maximum Gasteiger partial charge on any atom is 0.265 e. The van der Waals surface area contributed by atoms with Gasteiger partial charge in [0.05, 0.1) is 12.2 Å². The lowest BCUT2D eigenvalue weighted by Crippen LogP contribution is -2.51. The lowest BCUT2D eigenvalue weighted by molar-refractivity contribution is -0.128. The fourth-order valence-electron chi connectivity index (χ4n) is 2.78. The van der Waals surface area contributed by atoms with Crippen LogP contribution in [-0.4, -0.2) is 43.9 Å². The van der Waals surface area contributed by atoms with Crippen LogP contribution < -0.4 is 19.7 Å². The molecule has 3 rings (SSSR count).